The fourth-order valence-corrected chi connectivity index (χ4v) is 1.60. The molecule has 4 heteroatoms. The summed E-state index contributed by atoms with van der Waals surface area (Å²) in [5.41, 5.74) is 1.55. The first-order chi connectivity index (χ1) is 8.25. The molecule has 4 nitrogen and oxygen atoms in total. The van der Waals surface area contributed by atoms with E-state index < -0.39 is 0 Å². The fraction of sp³-hybridized carbons (Fsp3) is 0.154. The first-order valence-electron chi connectivity index (χ1n) is 5.45. The number of phenols is 1. The molecule has 0 fully saturated rings. The van der Waals surface area contributed by atoms with Crippen LogP contribution >= 0.6 is 0 Å². The molecule has 1 aromatic carbocycles. The lowest BCUT2D eigenvalue weighted by atomic mass is 10.1. The number of amides is 1. The summed E-state index contributed by atoms with van der Waals surface area (Å²) in [7, 11) is 0. The van der Waals surface area contributed by atoms with Crippen molar-refractivity contribution in [2.24, 2.45) is 0 Å². The van der Waals surface area contributed by atoms with Gasteiger partial charge in [0.05, 0.1) is 0 Å². The van der Waals surface area contributed by atoms with E-state index in [4.69, 9.17) is 0 Å². The number of aromatic amines is 1. The SMILES string of the molecule is O=C(NCCc1cccc(O)c1)c1ccc[nH]1. The Labute approximate surface area is 99.3 Å². The summed E-state index contributed by atoms with van der Waals surface area (Å²) in [6.07, 6.45) is 2.41. The van der Waals surface area contributed by atoms with E-state index in [9.17, 15) is 9.90 Å². The van der Waals surface area contributed by atoms with Crippen LogP contribution in [-0.2, 0) is 6.42 Å². The Morgan fingerprint density at radius 3 is 2.88 bits per heavy atom. The Morgan fingerprint density at radius 2 is 2.18 bits per heavy atom. The van der Waals surface area contributed by atoms with Crippen LogP contribution in [0.5, 0.6) is 5.75 Å². The molecule has 17 heavy (non-hydrogen) atoms. The van der Waals surface area contributed by atoms with E-state index >= 15 is 0 Å². The molecule has 88 valence electrons. The van der Waals surface area contributed by atoms with E-state index in [1.54, 1.807) is 36.5 Å². The molecule has 0 saturated carbocycles. The van der Waals surface area contributed by atoms with Crippen molar-refractivity contribution in [3.05, 3.63) is 53.9 Å². The van der Waals surface area contributed by atoms with Crippen molar-refractivity contribution in [1.82, 2.24) is 10.3 Å². The number of hydrogen-bond acceptors (Lipinski definition) is 2. The lowest BCUT2D eigenvalue weighted by Crippen LogP contribution is -2.25. The number of rotatable bonds is 4. The largest absolute Gasteiger partial charge is 0.508 e. The number of carbonyl (C=O) groups excluding carboxylic acids is 1. The maximum atomic E-state index is 11.6. The maximum Gasteiger partial charge on any atom is 0.267 e. The highest BCUT2D eigenvalue weighted by Gasteiger charge is 2.04. The van der Waals surface area contributed by atoms with Crippen LogP contribution in [0.2, 0.25) is 0 Å². The van der Waals surface area contributed by atoms with Crippen LogP contribution < -0.4 is 5.32 Å². The molecule has 0 aliphatic rings. The fourth-order valence-electron chi connectivity index (χ4n) is 1.60. The van der Waals surface area contributed by atoms with Gasteiger partial charge in [-0.2, -0.15) is 0 Å². The number of aromatic hydroxyl groups is 1. The van der Waals surface area contributed by atoms with Gasteiger partial charge in [-0.15, -0.1) is 0 Å². The molecular weight excluding hydrogens is 216 g/mol. The van der Waals surface area contributed by atoms with Crippen molar-refractivity contribution >= 4 is 5.91 Å². The monoisotopic (exact) mass is 230 g/mol. The van der Waals surface area contributed by atoms with Crippen molar-refractivity contribution in [2.75, 3.05) is 6.54 Å². The van der Waals surface area contributed by atoms with Crippen LogP contribution in [0.3, 0.4) is 0 Å². The van der Waals surface area contributed by atoms with Crippen molar-refractivity contribution in [3.8, 4) is 5.75 Å². The second-order valence-corrected chi connectivity index (χ2v) is 3.76. The Balaban J connectivity index is 1.82. The second-order valence-electron chi connectivity index (χ2n) is 3.76. The molecule has 1 amide bonds. The molecule has 3 N–H and O–H groups in total. The lowest BCUT2D eigenvalue weighted by Gasteiger charge is -2.04. The molecule has 2 rings (SSSR count). The zero-order valence-electron chi connectivity index (χ0n) is 9.31. The molecule has 0 unspecified atom stereocenters. The topological polar surface area (TPSA) is 65.1 Å². The predicted octanol–water partition coefficient (Wildman–Crippen LogP) is 1.69. The van der Waals surface area contributed by atoms with Gasteiger partial charge in [0.25, 0.3) is 5.91 Å². The minimum atomic E-state index is -0.116. The Morgan fingerprint density at radius 1 is 1.29 bits per heavy atom. The number of aromatic nitrogens is 1. The zero-order chi connectivity index (χ0) is 12.1. The molecular formula is C13H14N2O2. The van der Waals surface area contributed by atoms with Gasteiger partial charge in [-0.25, -0.2) is 0 Å². The number of nitrogens with one attached hydrogen (secondary N) is 2. The smallest absolute Gasteiger partial charge is 0.267 e. The van der Waals surface area contributed by atoms with Crippen LogP contribution in [0.1, 0.15) is 16.1 Å². The summed E-state index contributed by atoms with van der Waals surface area (Å²) in [5, 5.41) is 12.1. The number of benzene rings is 1. The van der Waals surface area contributed by atoms with E-state index in [-0.39, 0.29) is 11.7 Å². The third kappa shape index (κ3) is 3.11. The summed E-state index contributed by atoms with van der Waals surface area (Å²) in [6.45, 7) is 0.543. The van der Waals surface area contributed by atoms with Gasteiger partial charge < -0.3 is 15.4 Å². The summed E-state index contributed by atoms with van der Waals surface area (Å²) >= 11 is 0. The average Bonchev–Trinajstić information content (AvgIpc) is 2.82. The second kappa shape index (κ2) is 5.21. The Bertz CT molecular complexity index is 492. The normalized spacial score (nSPS) is 10.1. The number of hydrogen-bond donors (Lipinski definition) is 3. The quantitative estimate of drug-likeness (QED) is 0.748. The van der Waals surface area contributed by atoms with Crippen LogP contribution in [0.25, 0.3) is 0 Å². The Kier molecular flexibility index (Phi) is 3.45. The third-order valence-electron chi connectivity index (χ3n) is 2.45. The van der Waals surface area contributed by atoms with Gasteiger partial charge >= 0.3 is 0 Å². The van der Waals surface area contributed by atoms with Crippen molar-refractivity contribution in [3.63, 3.8) is 0 Å². The van der Waals surface area contributed by atoms with Gasteiger partial charge in [-0.1, -0.05) is 12.1 Å². The van der Waals surface area contributed by atoms with Gasteiger partial charge in [0, 0.05) is 12.7 Å². The summed E-state index contributed by atoms with van der Waals surface area (Å²) < 4.78 is 0. The number of H-pyrrole nitrogens is 1. The van der Waals surface area contributed by atoms with E-state index in [1.807, 2.05) is 6.07 Å². The minimum Gasteiger partial charge on any atom is -0.508 e. The van der Waals surface area contributed by atoms with Crippen LogP contribution in [-0.4, -0.2) is 22.5 Å². The van der Waals surface area contributed by atoms with Gasteiger partial charge in [0.15, 0.2) is 0 Å². The van der Waals surface area contributed by atoms with Crippen molar-refractivity contribution in [1.29, 1.82) is 0 Å². The minimum absolute atomic E-state index is 0.116. The Hall–Kier alpha value is -2.23. The molecule has 1 heterocycles. The first-order valence-corrected chi connectivity index (χ1v) is 5.45. The molecule has 0 radical (unpaired) electrons. The maximum absolute atomic E-state index is 11.6. The zero-order valence-corrected chi connectivity index (χ0v) is 9.31. The molecule has 0 bridgehead atoms. The highest BCUT2D eigenvalue weighted by Crippen LogP contribution is 2.10. The highest BCUT2D eigenvalue weighted by atomic mass is 16.3. The van der Waals surface area contributed by atoms with E-state index in [0.717, 1.165) is 5.56 Å². The van der Waals surface area contributed by atoms with Gasteiger partial charge in [0.1, 0.15) is 11.4 Å². The summed E-state index contributed by atoms with van der Waals surface area (Å²) in [4.78, 5) is 14.4. The summed E-state index contributed by atoms with van der Waals surface area (Å²) in [5.74, 6) is 0.133. The molecule has 0 spiro atoms. The number of phenolic OH excluding ortho intramolecular Hbond substituents is 1. The standard InChI is InChI=1S/C13H14N2O2/c16-11-4-1-3-10(9-11)6-8-15-13(17)12-5-2-7-14-12/h1-5,7,9,14,16H,6,8H2,(H,15,17). The van der Waals surface area contributed by atoms with Crippen molar-refractivity contribution in [2.45, 2.75) is 6.42 Å². The molecule has 0 aliphatic carbocycles. The van der Waals surface area contributed by atoms with Gasteiger partial charge in [0.2, 0.25) is 0 Å². The van der Waals surface area contributed by atoms with E-state index in [1.165, 1.54) is 0 Å². The third-order valence-corrected chi connectivity index (χ3v) is 2.45. The lowest BCUT2D eigenvalue weighted by molar-refractivity contribution is 0.0950. The predicted molar refractivity (Wildman–Crippen MR) is 64.9 cm³/mol. The van der Waals surface area contributed by atoms with E-state index in [2.05, 4.69) is 10.3 Å². The molecule has 0 atom stereocenters. The molecule has 0 aliphatic heterocycles. The molecule has 0 saturated heterocycles. The highest BCUT2D eigenvalue weighted by molar-refractivity contribution is 5.92. The van der Waals surface area contributed by atoms with E-state index in [0.29, 0.717) is 18.7 Å². The van der Waals surface area contributed by atoms with Crippen LogP contribution in [0.15, 0.2) is 42.6 Å². The van der Waals surface area contributed by atoms with Crippen molar-refractivity contribution < 1.29 is 9.90 Å². The number of carbonyl (C=O) groups is 1. The first kappa shape index (κ1) is 11.3. The van der Waals surface area contributed by atoms with Crippen LogP contribution in [0, 0.1) is 0 Å². The molecule has 2 aromatic rings. The summed E-state index contributed by atoms with van der Waals surface area (Å²) in [6, 6.07) is 10.5. The van der Waals surface area contributed by atoms with Gasteiger partial charge in [-0.3, -0.25) is 4.79 Å². The average molecular weight is 230 g/mol. The molecule has 1 aromatic heterocycles. The van der Waals surface area contributed by atoms with Crippen LogP contribution in [0.4, 0.5) is 0 Å². The van der Waals surface area contributed by atoms with Gasteiger partial charge in [-0.05, 0) is 36.2 Å².